The highest BCUT2D eigenvalue weighted by Crippen LogP contribution is 2.18. The summed E-state index contributed by atoms with van der Waals surface area (Å²) in [5.74, 6) is 1.25. The first kappa shape index (κ1) is 17.3. The van der Waals surface area contributed by atoms with Gasteiger partial charge in [-0.15, -0.1) is 0 Å². The number of carbonyl (C=O) groups excluding carboxylic acids is 1. The summed E-state index contributed by atoms with van der Waals surface area (Å²) in [6.45, 7) is 3.37. The van der Waals surface area contributed by atoms with Crippen LogP contribution in [0.5, 0.6) is 11.5 Å². The molecule has 5 nitrogen and oxygen atoms in total. The zero-order chi connectivity index (χ0) is 17.5. The van der Waals surface area contributed by atoms with Crippen molar-refractivity contribution >= 4 is 11.6 Å². The lowest BCUT2D eigenvalue weighted by atomic mass is 10.2. The van der Waals surface area contributed by atoms with E-state index in [1.165, 1.54) is 0 Å². The molecule has 0 radical (unpaired) electrons. The van der Waals surface area contributed by atoms with Gasteiger partial charge in [0.25, 0.3) is 5.91 Å². The first-order valence-corrected chi connectivity index (χ1v) is 8.53. The van der Waals surface area contributed by atoms with Crippen molar-refractivity contribution < 1.29 is 19.0 Å². The van der Waals surface area contributed by atoms with Crippen LogP contribution in [0.2, 0.25) is 0 Å². The predicted molar refractivity (Wildman–Crippen MR) is 96.2 cm³/mol. The summed E-state index contributed by atoms with van der Waals surface area (Å²) in [6.07, 6.45) is 2.34. The highest BCUT2D eigenvalue weighted by atomic mass is 16.5. The number of aryl methyl sites for hydroxylation is 1. The van der Waals surface area contributed by atoms with Gasteiger partial charge in [0.1, 0.15) is 18.1 Å². The van der Waals surface area contributed by atoms with Gasteiger partial charge in [-0.3, -0.25) is 4.79 Å². The maximum atomic E-state index is 12.0. The minimum absolute atomic E-state index is 0.0274. The van der Waals surface area contributed by atoms with Crippen LogP contribution >= 0.6 is 0 Å². The zero-order valence-corrected chi connectivity index (χ0v) is 14.4. The van der Waals surface area contributed by atoms with Gasteiger partial charge in [-0.1, -0.05) is 17.7 Å². The standard InChI is InChI=1S/C20H23NO4/c1-15-4-8-17(9-5-15)25-14-20(22)21-16-6-10-18(11-7-16)24-13-19-3-2-12-23-19/h4-11,19H,2-3,12-14H2,1H3,(H,21,22)/t19-/m0/s1. The number of rotatable bonds is 7. The van der Waals surface area contributed by atoms with E-state index in [0.717, 1.165) is 30.8 Å². The number of nitrogens with one attached hydrogen (secondary N) is 1. The first-order chi connectivity index (χ1) is 12.2. The third-order valence-corrected chi connectivity index (χ3v) is 3.99. The summed E-state index contributed by atoms with van der Waals surface area (Å²) < 4.78 is 16.7. The lowest BCUT2D eigenvalue weighted by Crippen LogP contribution is -2.20. The Morgan fingerprint density at radius 2 is 1.76 bits per heavy atom. The Hall–Kier alpha value is -2.53. The second kappa shape index (κ2) is 8.53. The van der Waals surface area contributed by atoms with Crippen LogP contribution in [0.15, 0.2) is 48.5 Å². The summed E-state index contributed by atoms with van der Waals surface area (Å²) in [4.78, 5) is 12.0. The Balaban J connectivity index is 1.42. The summed E-state index contributed by atoms with van der Waals surface area (Å²) >= 11 is 0. The fourth-order valence-electron chi connectivity index (χ4n) is 2.58. The zero-order valence-electron chi connectivity index (χ0n) is 14.4. The van der Waals surface area contributed by atoms with Crippen molar-refractivity contribution in [1.29, 1.82) is 0 Å². The van der Waals surface area contributed by atoms with Crippen LogP contribution in [0.3, 0.4) is 0 Å². The monoisotopic (exact) mass is 341 g/mol. The Bertz CT molecular complexity index is 676. The van der Waals surface area contributed by atoms with Crippen LogP contribution in [0, 0.1) is 6.92 Å². The van der Waals surface area contributed by atoms with Gasteiger partial charge in [-0.2, -0.15) is 0 Å². The molecule has 1 heterocycles. The molecule has 0 saturated carbocycles. The maximum Gasteiger partial charge on any atom is 0.262 e. The number of ether oxygens (including phenoxy) is 3. The summed E-state index contributed by atoms with van der Waals surface area (Å²) in [5.41, 5.74) is 1.86. The maximum absolute atomic E-state index is 12.0. The van der Waals surface area contributed by atoms with Crippen LogP contribution in [-0.4, -0.2) is 31.8 Å². The third kappa shape index (κ3) is 5.50. The fraction of sp³-hybridized carbons (Fsp3) is 0.350. The number of amides is 1. The lowest BCUT2D eigenvalue weighted by Gasteiger charge is -2.12. The van der Waals surface area contributed by atoms with Gasteiger partial charge in [-0.05, 0) is 56.2 Å². The van der Waals surface area contributed by atoms with Crippen molar-refractivity contribution in [3.8, 4) is 11.5 Å². The molecule has 1 atom stereocenters. The Kier molecular flexibility index (Phi) is 5.90. The SMILES string of the molecule is Cc1ccc(OCC(=O)Nc2ccc(OC[C@@H]3CCCO3)cc2)cc1. The van der Waals surface area contributed by atoms with Crippen LogP contribution < -0.4 is 14.8 Å². The minimum atomic E-state index is -0.200. The second-order valence-corrected chi connectivity index (χ2v) is 6.12. The van der Waals surface area contributed by atoms with Crippen molar-refractivity contribution in [2.45, 2.75) is 25.9 Å². The van der Waals surface area contributed by atoms with Crippen LogP contribution in [0.25, 0.3) is 0 Å². The molecule has 5 heteroatoms. The normalized spacial score (nSPS) is 16.4. The fourth-order valence-corrected chi connectivity index (χ4v) is 2.58. The molecule has 0 aliphatic carbocycles. The van der Waals surface area contributed by atoms with Crippen molar-refractivity contribution in [3.05, 3.63) is 54.1 Å². The molecule has 25 heavy (non-hydrogen) atoms. The van der Waals surface area contributed by atoms with Gasteiger partial charge in [0.05, 0.1) is 6.10 Å². The van der Waals surface area contributed by atoms with E-state index in [1.807, 2.05) is 55.5 Å². The molecule has 1 N–H and O–H groups in total. The number of hydrogen-bond acceptors (Lipinski definition) is 4. The second-order valence-electron chi connectivity index (χ2n) is 6.12. The molecule has 0 spiro atoms. The first-order valence-electron chi connectivity index (χ1n) is 8.53. The van der Waals surface area contributed by atoms with E-state index in [4.69, 9.17) is 14.2 Å². The molecule has 1 fully saturated rings. The van der Waals surface area contributed by atoms with Crippen LogP contribution in [0.1, 0.15) is 18.4 Å². The molecule has 1 aliphatic heterocycles. The molecule has 1 amide bonds. The minimum Gasteiger partial charge on any atom is -0.491 e. The van der Waals surface area contributed by atoms with E-state index >= 15 is 0 Å². The van der Waals surface area contributed by atoms with Crippen molar-refractivity contribution in [2.24, 2.45) is 0 Å². The Labute approximate surface area is 147 Å². The summed E-state index contributed by atoms with van der Waals surface area (Å²) in [6, 6.07) is 14.9. The third-order valence-electron chi connectivity index (χ3n) is 3.99. The van der Waals surface area contributed by atoms with E-state index in [1.54, 1.807) is 0 Å². The smallest absolute Gasteiger partial charge is 0.262 e. The van der Waals surface area contributed by atoms with Gasteiger partial charge in [0, 0.05) is 12.3 Å². The molecule has 1 saturated heterocycles. The Morgan fingerprint density at radius 1 is 1.08 bits per heavy atom. The van der Waals surface area contributed by atoms with Gasteiger partial charge >= 0.3 is 0 Å². The molecular weight excluding hydrogens is 318 g/mol. The quantitative estimate of drug-likeness (QED) is 0.836. The molecule has 0 aromatic heterocycles. The number of hydrogen-bond donors (Lipinski definition) is 1. The van der Waals surface area contributed by atoms with Crippen LogP contribution in [0.4, 0.5) is 5.69 Å². The molecule has 2 aromatic rings. The van der Waals surface area contributed by atoms with Gasteiger partial charge in [0.2, 0.25) is 0 Å². The highest BCUT2D eigenvalue weighted by Gasteiger charge is 2.15. The largest absolute Gasteiger partial charge is 0.491 e. The van der Waals surface area contributed by atoms with Crippen molar-refractivity contribution in [3.63, 3.8) is 0 Å². The number of carbonyl (C=O) groups is 1. The number of benzene rings is 2. The highest BCUT2D eigenvalue weighted by molar-refractivity contribution is 5.91. The van der Waals surface area contributed by atoms with Crippen molar-refractivity contribution in [1.82, 2.24) is 0 Å². The van der Waals surface area contributed by atoms with Crippen LogP contribution in [-0.2, 0) is 9.53 Å². The van der Waals surface area contributed by atoms with Gasteiger partial charge in [0.15, 0.2) is 6.61 Å². The van der Waals surface area contributed by atoms with Gasteiger partial charge in [-0.25, -0.2) is 0 Å². The molecule has 1 aliphatic rings. The molecule has 3 rings (SSSR count). The van der Waals surface area contributed by atoms with E-state index in [-0.39, 0.29) is 18.6 Å². The average Bonchev–Trinajstić information content (AvgIpc) is 3.14. The summed E-state index contributed by atoms with van der Waals surface area (Å²) in [7, 11) is 0. The number of anilines is 1. The van der Waals surface area contributed by atoms with Crippen molar-refractivity contribution in [2.75, 3.05) is 25.1 Å². The Morgan fingerprint density at radius 3 is 2.44 bits per heavy atom. The molecular formula is C20H23NO4. The topological polar surface area (TPSA) is 56.8 Å². The van der Waals surface area contributed by atoms with E-state index in [2.05, 4.69) is 5.32 Å². The summed E-state index contributed by atoms with van der Waals surface area (Å²) in [5, 5.41) is 2.80. The molecule has 132 valence electrons. The predicted octanol–water partition coefficient (Wildman–Crippen LogP) is 3.57. The van der Waals surface area contributed by atoms with E-state index < -0.39 is 0 Å². The molecule has 0 unspecified atom stereocenters. The van der Waals surface area contributed by atoms with E-state index in [9.17, 15) is 4.79 Å². The molecule has 0 bridgehead atoms. The average molecular weight is 341 g/mol. The van der Waals surface area contributed by atoms with E-state index in [0.29, 0.717) is 18.0 Å². The molecule has 2 aromatic carbocycles. The lowest BCUT2D eigenvalue weighted by molar-refractivity contribution is -0.118. The van der Waals surface area contributed by atoms with Gasteiger partial charge < -0.3 is 19.5 Å².